The molecule has 0 saturated heterocycles. The lowest BCUT2D eigenvalue weighted by molar-refractivity contribution is 0.174. The molecule has 0 saturated carbocycles. The van der Waals surface area contributed by atoms with E-state index >= 15 is 0 Å². The number of hydrogen-bond acceptors (Lipinski definition) is 3. The molecule has 4 rings (SSSR count). The molecule has 2 aromatic rings. The Morgan fingerprint density at radius 1 is 0.870 bits per heavy atom. The Morgan fingerprint density at radius 2 is 1.52 bits per heavy atom. The Bertz CT molecular complexity index is 805. The van der Waals surface area contributed by atoms with Crippen LogP contribution < -0.4 is 4.90 Å². The molecule has 23 heavy (non-hydrogen) atoms. The van der Waals surface area contributed by atoms with E-state index in [1.54, 1.807) is 0 Å². The quantitative estimate of drug-likeness (QED) is 0.774. The van der Waals surface area contributed by atoms with Gasteiger partial charge in [-0.15, -0.1) is 0 Å². The number of amidine groups is 1. The molecule has 0 unspecified atom stereocenters. The van der Waals surface area contributed by atoms with Crippen molar-refractivity contribution in [1.82, 2.24) is 0 Å². The highest BCUT2D eigenvalue weighted by Gasteiger charge is 2.32. The van der Waals surface area contributed by atoms with Crippen LogP contribution in [0.1, 0.15) is 56.2 Å². The van der Waals surface area contributed by atoms with E-state index in [2.05, 4.69) is 74.1 Å². The van der Waals surface area contributed by atoms with Crippen molar-refractivity contribution in [2.24, 2.45) is 5.16 Å². The fraction of sp³-hybridized carbons (Fsp3) is 0.350. The minimum Gasteiger partial charge on any atom is -0.371 e. The molecule has 0 spiro atoms. The van der Waals surface area contributed by atoms with Crippen LogP contribution in [0.25, 0.3) is 11.1 Å². The first kappa shape index (κ1) is 14.3. The zero-order valence-electron chi connectivity index (χ0n) is 14.1. The Hall–Kier alpha value is -2.29. The molecule has 0 atom stereocenters. The lowest BCUT2D eigenvalue weighted by Gasteiger charge is -2.29. The second-order valence-corrected chi connectivity index (χ2v) is 6.99. The summed E-state index contributed by atoms with van der Waals surface area (Å²) >= 11 is 0. The zero-order valence-corrected chi connectivity index (χ0v) is 14.1. The third-order valence-corrected chi connectivity index (χ3v) is 4.81. The molecule has 118 valence electrons. The Balaban J connectivity index is 1.97. The molecule has 0 N–H and O–H groups in total. The molecule has 0 aliphatic carbocycles. The summed E-state index contributed by atoms with van der Waals surface area (Å²) in [6, 6.07) is 13.5. The maximum absolute atomic E-state index is 5.40. The highest BCUT2D eigenvalue weighted by Crippen LogP contribution is 2.42. The summed E-state index contributed by atoms with van der Waals surface area (Å²) in [4.78, 5) is 7.57. The average molecular weight is 306 g/mol. The van der Waals surface area contributed by atoms with Crippen molar-refractivity contribution in [2.75, 3.05) is 11.6 Å². The summed E-state index contributed by atoms with van der Waals surface area (Å²) in [5.41, 5.74) is 7.61. The minimum atomic E-state index is 0.495. The highest BCUT2D eigenvalue weighted by atomic mass is 16.7. The van der Waals surface area contributed by atoms with Crippen molar-refractivity contribution < 1.29 is 4.84 Å². The molecule has 2 aliphatic heterocycles. The van der Waals surface area contributed by atoms with Crippen molar-refractivity contribution in [3.8, 4) is 11.1 Å². The van der Waals surface area contributed by atoms with E-state index in [1.165, 1.54) is 33.5 Å². The van der Waals surface area contributed by atoms with Crippen LogP contribution in [0, 0.1) is 0 Å². The summed E-state index contributed by atoms with van der Waals surface area (Å²) in [5.74, 6) is 1.95. The Morgan fingerprint density at radius 3 is 2.22 bits per heavy atom. The van der Waals surface area contributed by atoms with Gasteiger partial charge in [0.2, 0.25) is 0 Å². The van der Waals surface area contributed by atoms with E-state index in [0.29, 0.717) is 18.6 Å². The van der Waals surface area contributed by atoms with Crippen LogP contribution in [0.15, 0.2) is 41.6 Å². The van der Waals surface area contributed by atoms with E-state index in [-0.39, 0.29) is 0 Å². The van der Waals surface area contributed by atoms with Crippen molar-refractivity contribution in [3.05, 3.63) is 53.1 Å². The molecular weight excluding hydrogens is 284 g/mol. The number of anilines is 1. The molecule has 0 amide bonds. The summed E-state index contributed by atoms with van der Waals surface area (Å²) in [5, 5.41) is 4.30. The normalized spacial score (nSPS) is 15.2. The fourth-order valence-corrected chi connectivity index (χ4v) is 3.34. The van der Waals surface area contributed by atoms with Gasteiger partial charge in [-0.1, -0.05) is 51.0 Å². The first-order valence-electron chi connectivity index (χ1n) is 8.32. The fourth-order valence-electron chi connectivity index (χ4n) is 3.34. The lowest BCUT2D eigenvalue weighted by atomic mass is 9.87. The number of oxime groups is 1. The van der Waals surface area contributed by atoms with Gasteiger partial charge in [-0.2, -0.15) is 0 Å². The number of fused-ring (bicyclic) bond motifs is 6. The standard InChI is InChI=1S/C20H22N2O/c1-12(2)14-5-7-16-17-9-15(13(3)4)6-8-19(17)22-11-23-21-20(22)18(16)10-14/h5-10,12-13H,11H2,1-4H3. The van der Waals surface area contributed by atoms with E-state index in [4.69, 9.17) is 4.84 Å². The number of benzene rings is 2. The molecule has 0 radical (unpaired) electrons. The molecule has 0 fully saturated rings. The van der Waals surface area contributed by atoms with E-state index in [0.717, 1.165) is 5.84 Å². The van der Waals surface area contributed by atoms with Crippen LogP contribution in [0.5, 0.6) is 0 Å². The van der Waals surface area contributed by atoms with Crippen LogP contribution in [0.4, 0.5) is 5.69 Å². The number of hydrogen-bond donors (Lipinski definition) is 0. The molecule has 3 nitrogen and oxygen atoms in total. The highest BCUT2D eigenvalue weighted by molar-refractivity contribution is 6.19. The second kappa shape index (κ2) is 5.12. The molecule has 2 aromatic carbocycles. The summed E-state index contributed by atoms with van der Waals surface area (Å²) < 4.78 is 0. The van der Waals surface area contributed by atoms with E-state index in [1.807, 2.05) is 0 Å². The van der Waals surface area contributed by atoms with Gasteiger partial charge in [-0.05, 0) is 46.7 Å². The predicted octanol–water partition coefficient (Wildman–Crippen LogP) is 5.07. The summed E-state index contributed by atoms with van der Waals surface area (Å²) in [6.07, 6.45) is 0. The minimum absolute atomic E-state index is 0.495. The van der Waals surface area contributed by atoms with Crippen LogP contribution in [-0.2, 0) is 4.84 Å². The zero-order chi connectivity index (χ0) is 16.1. The van der Waals surface area contributed by atoms with Gasteiger partial charge in [0.25, 0.3) is 0 Å². The topological polar surface area (TPSA) is 24.8 Å². The van der Waals surface area contributed by atoms with Gasteiger partial charge in [-0.3, -0.25) is 4.90 Å². The van der Waals surface area contributed by atoms with Crippen LogP contribution >= 0.6 is 0 Å². The first-order chi connectivity index (χ1) is 11.1. The van der Waals surface area contributed by atoms with Crippen LogP contribution in [-0.4, -0.2) is 12.6 Å². The lowest BCUT2D eigenvalue weighted by Crippen LogP contribution is -2.32. The largest absolute Gasteiger partial charge is 0.371 e. The molecule has 2 aliphatic rings. The second-order valence-electron chi connectivity index (χ2n) is 6.99. The maximum Gasteiger partial charge on any atom is 0.195 e. The van der Waals surface area contributed by atoms with Gasteiger partial charge in [0.15, 0.2) is 12.6 Å². The van der Waals surface area contributed by atoms with Gasteiger partial charge < -0.3 is 4.84 Å². The van der Waals surface area contributed by atoms with Gasteiger partial charge in [0.05, 0.1) is 5.69 Å². The van der Waals surface area contributed by atoms with Gasteiger partial charge >= 0.3 is 0 Å². The molecule has 3 heteroatoms. The smallest absolute Gasteiger partial charge is 0.195 e. The van der Waals surface area contributed by atoms with Gasteiger partial charge in [0, 0.05) is 11.1 Å². The van der Waals surface area contributed by atoms with Crippen molar-refractivity contribution in [3.63, 3.8) is 0 Å². The third kappa shape index (κ3) is 2.14. The van der Waals surface area contributed by atoms with Crippen LogP contribution in [0.3, 0.4) is 0 Å². The monoisotopic (exact) mass is 306 g/mol. The molecule has 2 heterocycles. The molecule has 0 aromatic heterocycles. The Labute approximate surface area is 137 Å². The van der Waals surface area contributed by atoms with Crippen molar-refractivity contribution in [1.29, 1.82) is 0 Å². The molecular formula is C20H22N2O. The van der Waals surface area contributed by atoms with Crippen LogP contribution in [0.2, 0.25) is 0 Å². The Kier molecular flexibility index (Phi) is 3.19. The molecule has 0 bridgehead atoms. The summed E-state index contributed by atoms with van der Waals surface area (Å²) in [7, 11) is 0. The van der Waals surface area contributed by atoms with Gasteiger partial charge in [0.1, 0.15) is 0 Å². The van der Waals surface area contributed by atoms with Crippen molar-refractivity contribution >= 4 is 11.5 Å². The average Bonchev–Trinajstić information content (AvgIpc) is 3.03. The number of nitrogens with zero attached hydrogens (tertiary/aromatic N) is 2. The predicted molar refractivity (Wildman–Crippen MR) is 95.0 cm³/mol. The van der Waals surface area contributed by atoms with E-state index in [9.17, 15) is 0 Å². The SMILES string of the molecule is CC(C)c1ccc2c(c1)C1=NOCN1c1ccc(C(C)C)cc1-2. The third-order valence-electron chi connectivity index (χ3n) is 4.81. The van der Waals surface area contributed by atoms with Crippen molar-refractivity contribution in [2.45, 2.75) is 39.5 Å². The van der Waals surface area contributed by atoms with Gasteiger partial charge in [-0.25, -0.2) is 0 Å². The summed E-state index contributed by atoms with van der Waals surface area (Å²) in [6.45, 7) is 9.41. The maximum atomic E-state index is 5.40. The first-order valence-corrected chi connectivity index (χ1v) is 8.32. The number of rotatable bonds is 2. The van der Waals surface area contributed by atoms with E-state index < -0.39 is 0 Å².